The van der Waals surface area contributed by atoms with Gasteiger partial charge in [-0.05, 0) is 66.8 Å². The van der Waals surface area contributed by atoms with Crippen LogP contribution in [0.25, 0.3) is 17.0 Å². The lowest BCUT2D eigenvalue weighted by Crippen LogP contribution is -2.43. The van der Waals surface area contributed by atoms with Crippen LogP contribution in [0.3, 0.4) is 0 Å². The van der Waals surface area contributed by atoms with Gasteiger partial charge in [-0.25, -0.2) is 9.37 Å². The van der Waals surface area contributed by atoms with Gasteiger partial charge in [0.15, 0.2) is 5.82 Å². The molecule has 2 saturated heterocycles. The fraction of sp³-hybridized carbons (Fsp3) is 0.333. The van der Waals surface area contributed by atoms with Crippen LogP contribution in [-0.2, 0) is 23.2 Å². The van der Waals surface area contributed by atoms with E-state index in [9.17, 15) is 14.0 Å². The van der Waals surface area contributed by atoms with Gasteiger partial charge in [-0.15, -0.1) is 0 Å². The maximum atomic E-state index is 13.9. The van der Waals surface area contributed by atoms with Gasteiger partial charge in [0.1, 0.15) is 12.1 Å². The van der Waals surface area contributed by atoms with Crippen molar-refractivity contribution in [3.8, 4) is 11.4 Å². The Bertz CT molecular complexity index is 1930. The molecule has 0 unspecified atom stereocenters. The van der Waals surface area contributed by atoms with Crippen molar-refractivity contribution in [3.05, 3.63) is 101 Å². The summed E-state index contributed by atoms with van der Waals surface area (Å²) in [6.07, 6.45) is 7.36. The van der Waals surface area contributed by atoms with Gasteiger partial charge in [0.05, 0.1) is 36.1 Å². The van der Waals surface area contributed by atoms with Gasteiger partial charge in [0.25, 0.3) is 0 Å². The highest BCUT2D eigenvalue weighted by Crippen LogP contribution is 2.43. The van der Waals surface area contributed by atoms with Gasteiger partial charge in [0.2, 0.25) is 11.8 Å². The summed E-state index contributed by atoms with van der Waals surface area (Å²) in [5.41, 5.74) is 7.10. The predicted molar refractivity (Wildman–Crippen MR) is 176 cm³/mol. The molecule has 4 aliphatic heterocycles. The lowest BCUT2D eigenvalue weighted by Gasteiger charge is -2.29. The van der Waals surface area contributed by atoms with Gasteiger partial charge in [0, 0.05) is 50.0 Å². The molecule has 0 radical (unpaired) electrons. The third kappa shape index (κ3) is 5.44. The first-order chi connectivity index (χ1) is 22.8. The topological polar surface area (TPSA) is 99.8 Å². The van der Waals surface area contributed by atoms with Crippen LogP contribution in [0.5, 0.6) is 0 Å². The molecule has 2 aromatic heterocycles. The molecule has 6 heterocycles. The summed E-state index contributed by atoms with van der Waals surface area (Å²) in [5, 5.41) is 4.37. The van der Waals surface area contributed by atoms with Crippen LogP contribution in [0.1, 0.15) is 41.6 Å². The number of carbonyl (C=O) groups excluding carboxylic acids is 2. The van der Waals surface area contributed by atoms with E-state index in [1.54, 1.807) is 17.1 Å². The Kier molecular flexibility index (Phi) is 7.28. The molecular formula is C36H35FN8O2. The average Bonchev–Trinajstić information content (AvgIpc) is 3.89. The second-order valence-electron chi connectivity index (χ2n) is 13.0. The van der Waals surface area contributed by atoms with E-state index in [1.165, 1.54) is 17.8 Å². The number of fused-ring (bicyclic) bond motifs is 1. The number of pyridine rings is 1. The Balaban J connectivity index is 0.883. The predicted octanol–water partition coefficient (Wildman–Crippen LogP) is 4.11. The number of aromatic nitrogens is 4. The number of rotatable bonds is 6. The van der Waals surface area contributed by atoms with Crippen LogP contribution in [0.4, 0.5) is 10.1 Å². The maximum absolute atomic E-state index is 13.9. The van der Waals surface area contributed by atoms with Crippen molar-refractivity contribution in [1.29, 1.82) is 0 Å². The number of hydrogen-bond acceptors (Lipinski definition) is 7. The molecule has 47 heavy (non-hydrogen) atoms. The van der Waals surface area contributed by atoms with Crippen molar-refractivity contribution in [1.82, 2.24) is 29.5 Å². The number of likely N-dealkylation sites (tertiary alicyclic amines) is 1. The Hall–Kier alpha value is -5.03. The highest BCUT2D eigenvalue weighted by atomic mass is 19.1. The highest BCUT2D eigenvalue weighted by Gasteiger charge is 2.51. The number of aliphatic imine (C=N–C) groups is 1. The van der Waals surface area contributed by atoms with Gasteiger partial charge in [-0.3, -0.25) is 29.1 Å². The van der Waals surface area contributed by atoms with E-state index in [-0.39, 0.29) is 17.6 Å². The summed E-state index contributed by atoms with van der Waals surface area (Å²) < 4.78 is 15.2. The maximum Gasteiger partial charge on any atom is 0.237 e. The summed E-state index contributed by atoms with van der Waals surface area (Å²) >= 11 is 0. The third-order valence-corrected chi connectivity index (χ3v) is 10.0. The van der Waals surface area contributed by atoms with Crippen LogP contribution in [-0.4, -0.2) is 86.3 Å². The molecule has 2 aromatic carbocycles. The minimum Gasteiger partial charge on any atom is -0.338 e. The van der Waals surface area contributed by atoms with Crippen LogP contribution in [0.2, 0.25) is 0 Å². The molecule has 8 rings (SSSR count). The van der Waals surface area contributed by atoms with Gasteiger partial charge in [-0.2, -0.15) is 5.10 Å². The number of carbonyl (C=O) groups is 2. The molecule has 0 aliphatic carbocycles. The van der Waals surface area contributed by atoms with E-state index in [1.807, 2.05) is 47.2 Å². The minimum absolute atomic E-state index is 0.107. The van der Waals surface area contributed by atoms with Gasteiger partial charge >= 0.3 is 0 Å². The van der Waals surface area contributed by atoms with Crippen molar-refractivity contribution >= 4 is 28.8 Å². The van der Waals surface area contributed by atoms with E-state index in [4.69, 9.17) is 0 Å². The van der Waals surface area contributed by atoms with Gasteiger partial charge < -0.3 is 9.80 Å². The summed E-state index contributed by atoms with van der Waals surface area (Å²) in [4.78, 5) is 46.4. The number of anilines is 1. The normalized spacial score (nSPS) is 21.0. The molecule has 0 saturated carbocycles. The molecule has 1 spiro atoms. The quantitative estimate of drug-likeness (QED) is 0.318. The third-order valence-electron chi connectivity index (χ3n) is 10.0. The molecule has 0 N–H and O–H groups in total. The lowest BCUT2D eigenvalue weighted by atomic mass is 9.85. The van der Waals surface area contributed by atoms with E-state index in [0.717, 1.165) is 59.5 Å². The summed E-state index contributed by atoms with van der Waals surface area (Å²) in [6, 6.07) is 17.3. The van der Waals surface area contributed by atoms with Crippen molar-refractivity contribution in [2.45, 2.75) is 25.8 Å². The summed E-state index contributed by atoms with van der Waals surface area (Å²) in [5.74, 6) is 0.550. The van der Waals surface area contributed by atoms with Crippen LogP contribution in [0, 0.1) is 11.2 Å². The number of amides is 2. The SMILES string of the molecule is Cn1cnc(-c2ccc(C3=CCN(C(=O)CN4CC[C@]5(CCN(c6ccc7c(c6)C(c6ccc(F)cn6)=NC7)C5=O)C4)CC3)cc2)n1. The monoisotopic (exact) mass is 630 g/mol. The van der Waals surface area contributed by atoms with Gasteiger partial charge in [-0.1, -0.05) is 36.4 Å². The van der Waals surface area contributed by atoms with E-state index in [0.29, 0.717) is 50.8 Å². The standard InChI is InChI=1S/C36H35FN8O2/c1-42-23-40-34(41-42)26-4-2-24(3-5-26)25-10-14-44(15-11-25)32(46)21-43-16-12-36(22-43)13-17-45(35(36)47)29-8-6-27-19-39-33(30(27)18-29)31-9-7-28(37)20-38-31/h2-10,18,20,23H,11-17,19,21-22H2,1H3/t36-/m0/s1. The fourth-order valence-corrected chi connectivity index (χ4v) is 7.37. The molecule has 4 aliphatic rings. The van der Waals surface area contributed by atoms with E-state index < -0.39 is 5.41 Å². The number of nitrogens with zero attached hydrogens (tertiary/aromatic N) is 8. The zero-order valence-corrected chi connectivity index (χ0v) is 26.3. The Morgan fingerprint density at radius 1 is 0.979 bits per heavy atom. The van der Waals surface area contributed by atoms with Crippen molar-refractivity contribution < 1.29 is 14.0 Å². The molecule has 0 bridgehead atoms. The second kappa shape index (κ2) is 11.6. The average molecular weight is 631 g/mol. The smallest absolute Gasteiger partial charge is 0.237 e. The Morgan fingerprint density at radius 3 is 2.55 bits per heavy atom. The van der Waals surface area contributed by atoms with E-state index in [2.05, 4.69) is 43.2 Å². The highest BCUT2D eigenvalue weighted by molar-refractivity contribution is 6.15. The summed E-state index contributed by atoms with van der Waals surface area (Å²) in [6.45, 7) is 4.09. The lowest BCUT2D eigenvalue weighted by molar-refractivity contribution is -0.132. The molecule has 11 heteroatoms. The number of aryl methyl sites for hydroxylation is 1. The molecule has 2 amide bonds. The molecule has 4 aromatic rings. The summed E-state index contributed by atoms with van der Waals surface area (Å²) in [7, 11) is 1.85. The van der Waals surface area contributed by atoms with Crippen molar-refractivity contribution in [2.24, 2.45) is 17.5 Å². The number of halogens is 1. The van der Waals surface area contributed by atoms with Crippen LogP contribution in [0.15, 0.2) is 78.2 Å². The zero-order valence-electron chi connectivity index (χ0n) is 26.3. The first-order valence-corrected chi connectivity index (χ1v) is 16.1. The zero-order chi connectivity index (χ0) is 32.1. The Labute approximate surface area is 272 Å². The largest absolute Gasteiger partial charge is 0.338 e. The molecule has 2 fully saturated rings. The first kappa shape index (κ1) is 29.4. The second-order valence-corrected chi connectivity index (χ2v) is 13.0. The minimum atomic E-state index is -0.472. The van der Waals surface area contributed by atoms with Crippen molar-refractivity contribution in [2.75, 3.05) is 44.2 Å². The fourth-order valence-electron chi connectivity index (χ4n) is 7.37. The van der Waals surface area contributed by atoms with Crippen LogP contribution < -0.4 is 4.90 Å². The molecule has 10 nitrogen and oxygen atoms in total. The van der Waals surface area contributed by atoms with Crippen LogP contribution >= 0.6 is 0 Å². The Morgan fingerprint density at radius 2 is 1.81 bits per heavy atom. The van der Waals surface area contributed by atoms with Crippen molar-refractivity contribution in [3.63, 3.8) is 0 Å². The number of hydrogen-bond donors (Lipinski definition) is 0. The molecular weight excluding hydrogens is 595 g/mol. The number of benzene rings is 2. The molecule has 238 valence electrons. The molecule has 1 atom stereocenters. The first-order valence-electron chi connectivity index (χ1n) is 16.1. The van der Waals surface area contributed by atoms with E-state index >= 15 is 0 Å².